The molecule has 1 aliphatic heterocycles. The van der Waals surface area contributed by atoms with Crippen LogP contribution in [0.25, 0.3) is 10.9 Å². The van der Waals surface area contributed by atoms with Gasteiger partial charge in [-0.3, -0.25) is 4.90 Å². The van der Waals surface area contributed by atoms with Crippen molar-refractivity contribution >= 4 is 22.4 Å². The van der Waals surface area contributed by atoms with Crippen LogP contribution in [0.1, 0.15) is 6.42 Å². The molecule has 2 heterocycles. The van der Waals surface area contributed by atoms with Crippen LogP contribution in [-0.2, 0) is 0 Å². The Labute approximate surface area is 170 Å². The van der Waals surface area contributed by atoms with Gasteiger partial charge in [-0.1, -0.05) is 6.07 Å². The maximum Gasteiger partial charge on any atom is 0.140 e. The van der Waals surface area contributed by atoms with E-state index in [1.807, 2.05) is 12.1 Å². The molecule has 7 heteroatoms. The number of rotatable bonds is 7. The van der Waals surface area contributed by atoms with Gasteiger partial charge in [-0.05, 0) is 49.4 Å². The lowest BCUT2D eigenvalue weighted by atomic mass is 10.2. The Morgan fingerprint density at radius 3 is 2.59 bits per heavy atom. The Hall–Kier alpha value is -2.93. The topological polar surface area (TPSA) is 53.5 Å². The molecule has 29 heavy (non-hydrogen) atoms. The summed E-state index contributed by atoms with van der Waals surface area (Å²) in [6.07, 6.45) is 2.45. The van der Waals surface area contributed by atoms with Crippen LogP contribution in [0.4, 0.5) is 15.9 Å². The lowest BCUT2D eigenvalue weighted by Crippen LogP contribution is -2.46. The molecule has 0 radical (unpaired) electrons. The standard InChI is InChI=1S/C22H26FN5O/c1-29-18-8-6-17(7-9-18)28-14-12-27(13-15-28)11-3-10-24-22-21-19(23)4-2-5-20(21)25-16-26-22/h2,4-9,16H,3,10-15H2,1H3,(H,24,25,26). The maximum absolute atomic E-state index is 14.1. The fraction of sp³-hybridized carbons (Fsp3) is 0.364. The zero-order chi connectivity index (χ0) is 20.1. The van der Waals surface area contributed by atoms with Crippen LogP contribution in [0, 0.1) is 5.82 Å². The minimum absolute atomic E-state index is 0.291. The first-order chi connectivity index (χ1) is 14.2. The zero-order valence-electron chi connectivity index (χ0n) is 16.6. The number of hydrogen-bond acceptors (Lipinski definition) is 6. The van der Waals surface area contributed by atoms with E-state index < -0.39 is 0 Å². The SMILES string of the molecule is COc1ccc(N2CCN(CCCNc3ncnc4cccc(F)c34)CC2)cc1. The number of piperazine rings is 1. The molecule has 0 aliphatic carbocycles. The molecular formula is C22H26FN5O. The first kappa shape index (κ1) is 19.4. The normalized spacial score (nSPS) is 14.9. The number of anilines is 2. The van der Waals surface area contributed by atoms with Gasteiger partial charge in [0.25, 0.3) is 0 Å². The molecule has 3 aromatic rings. The third-order valence-electron chi connectivity index (χ3n) is 5.37. The molecule has 0 amide bonds. The molecule has 6 nitrogen and oxygen atoms in total. The number of methoxy groups -OCH3 is 1. The zero-order valence-corrected chi connectivity index (χ0v) is 16.6. The Kier molecular flexibility index (Phi) is 6.05. The van der Waals surface area contributed by atoms with E-state index in [1.165, 1.54) is 18.1 Å². The van der Waals surface area contributed by atoms with Crippen molar-refractivity contribution in [2.45, 2.75) is 6.42 Å². The summed E-state index contributed by atoms with van der Waals surface area (Å²) >= 11 is 0. The molecule has 0 spiro atoms. The average molecular weight is 395 g/mol. The van der Waals surface area contributed by atoms with Gasteiger partial charge < -0.3 is 15.0 Å². The van der Waals surface area contributed by atoms with E-state index in [2.05, 4.69) is 37.2 Å². The van der Waals surface area contributed by atoms with E-state index in [0.29, 0.717) is 16.7 Å². The largest absolute Gasteiger partial charge is 0.497 e. The van der Waals surface area contributed by atoms with Crippen molar-refractivity contribution < 1.29 is 9.13 Å². The smallest absolute Gasteiger partial charge is 0.140 e. The molecular weight excluding hydrogens is 369 g/mol. The van der Waals surface area contributed by atoms with Crippen LogP contribution in [0.15, 0.2) is 48.8 Å². The number of nitrogens with one attached hydrogen (secondary N) is 1. The van der Waals surface area contributed by atoms with Gasteiger partial charge in [0.05, 0.1) is 18.0 Å². The van der Waals surface area contributed by atoms with E-state index in [9.17, 15) is 4.39 Å². The van der Waals surface area contributed by atoms with Gasteiger partial charge >= 0.3 is 0 Å². The molecule has 0 unspecified atom stereocenters. The van der Waals surface area contributed by atoms with Crippen LogP contribution in [0.5, 0.6) is 5.75 Å². The van der Waals surface area contributed by atoms with Crippen molar-refractivity contribution in [1.29, 1.82) is 0 Å². The molecule has 1 aromatic heterocycles. The highest BCUT2D eigenvalue weighted by Gasteiger charge is 2.17. The second-order valence-corrected chi connectivity index (χ2v) is 7.16. The third-order valence-corrected chi connectivity index (χ3v) is 5.37. The first-order valence-electron chi connectivity index (χ1n) is 9.99. The van der Waals surface area contributed by atoms with Crippen molar-refractivity contribution in [3.05, 3.63) is 54.6 Å². The molecule has 1 N–H and O–H groups in total. The van der Waals surface area contributed by atoms with Crippen molar-refractivity contribution in [2.75, 3.05) is 56.6 Å². The van der Waals surface area contributed by atoms with Crippen LogP contribution in [0.2, 0.25) is 0 Å². The van der Waals surface area contributed by atoms with E-state index in [0.717, 1.165) is 51.4 Å². The molecule has 0 atom stereocenters. The maximum atomic E-state index is 14.1. The second-order valence-electron chi connectivity index (χ2n) is 7.16. The number of benzene rings is 2. The fourth-order valence-corrected chi connectivity index (χ4v) is 3.73. The second kappa shape index (κ2) is 9.05. The number of nitrogens with zero attached hydrogens (tertiary/aromatic N) is 4. The van der Waals surface area contributed by atoms with Crippen LogP contribution in [-0.4, -0.2) is 61.2 Å². The minimum atomic E-state index is -0.291. The highest BCUT2D eigenvalue weighted by molar-refractivity contribution is 5.89. The van der Waals surface area contributed by atoms with Crippen LogP contribution in [0.3, 0.4) is 0 Å². The van der Waals surface area contributed by atoms with E-state index in [4.69, 9.17) is 4.74 Å². The lowest BCUT2D eigenvalue weighted by molar-refractivity contribution is 0.257. The monoisotopic (exact) mass is 395 g/mol. The summed E-state index contributed by atoms with van der Waals surface area (Å²) in [7, 11) is 1.69. The molecule has 4 rings (SSSR count). The van der Waals surface area contributed by atoms with E-state index in [-0.39, 0.29) is 5.82 Å². The van der Waals surface area contributed by atoms with Crippen molar-refractivity contribution in [3.63, 3.8) is 0 Å². The summed E-state index contributed by atoms with van der Waals surface area (Å²) in [5.41, 5.74) is 1.86. The minimum Gasteiger partial charge on any atom is -0.497 e. The van der Waals surface area contributed by atoms with Gasteiger partial charge in [0.2, 0.25) is 0 Å². The van der Waals surface area contributed by atoms with E-state index in [1.54, 1.807) is 19.2 Å². The Morgan fingerprint density at radius 2 is 1.83 bits per heavy atom. The molecule has 1 aliphatic rings. The highest BCUT2D eigenvalue weighted by atomic mass is 19.1. The fourth-order valence-electron chi connectivity index (χ4n) is 3.73. The van der Waals surface area contributed by atoms with Crippen LogP contribution < -0.4 is 15.0 Å². The number of hydrogen-bond donors (Lipinski definition) is 1. The average Bonchev–Trinajstić information content (AvgIpc) is 2.77. The van der Waals surface area contributed by atoms with Crippen molar-refractivity contribution in [3.8, 4) is 5.75 Å². The summed E-state index contributed by atoms with van der Waals surface area (Å²) < 4.78 is 19.4. The number of fused-ring (bicyclic) bond motifs is 1. The Morgan fingerprint density at radius 1 is 1.03 bits per heavy atom. The van der Waals surface area contributed by atoms with Crippen molar-refractivity contribution in [2.24, 2.45) is 0 Å². The molecule has 0 saturated carbocycles. The molecule has 0 bridgehead atoms. The lowest BCUT2D eigenvalue weighted by Gasteiger charge is -2.36. The summed E-state index contributed by atoms with van der Waals surface area (Å²) in [4.78, 5) is 13.2. The molecule has 2 aromatic carbocycles. The summed E-state index contributed by atoms with van der Waals surface area (Å²) in [6.45, 7) is 5.87. The van der Waals surface area contributed by atoms with E-state index >= 15 is 0 Å². The molecule has 1 saturated heterocycles. The first-order valence-corrected chi connectivity index (χ1v) is 9.99. The molecule has 1 fully saturated rings. The predicted molar refractivity (Wildman–Crippen MR) is 114 cm³/mol. The van der Waals surface area contributed by atoms with Gasteiger partial charge in [0.1, 0.15) is 23.7 Å². The van der Waals surface area contributed by atoms with Gasteiger partial charge in [-0.25, -0.2) is 14.4 Å². The Bertz CT molecular complexity index is 936. The Balaban J connectivity index is 1.23. The predicted octanol–water partition coefficient (Wildman–Crippen LogP) is 3.40. The quantitative estimate of drug-likeness (QED) is 0.619. The van der Waals surface area contributed by atoms with Gasteiger partial charge in [-0.15, -0.1) is 0 Å². The van der Waals surface area contributed by atoms with Crippen LogP contribution >= 0.6 is 0 Å². The van der Waals surface area contributed by atoms with Crippen molar-refractivity contribution in [1.82, 2.24) is 14.9 Å². The summed E-state index contributed by atoms with van der Waals surface area (Å²) in [5, 5.41) is 3.73. The molecule has 152 valence electrons. The number of ether oxygens (including phenoxy) is 1. The van der Waals surface area contributed by atoms with Gasteiger partial charge in [0, 0.05) is 38.4 Å². The third kappa shape index (κ3) is 4.56. The number of aromatic nitrogens is 2. The van der Waals surface area contributed by atoms with Gasteiger partial charge in [-0.2, -0.15) is 0 Å². The van der Waals surface area contributed by atoms with Gasteiger partial charge in [0.15, 0.2) is 0 Å². The summed E-state index contributed by atoms with van der Waals surface area (Å²) in [5.74, 6) is 1.16. The highest BCUT2D eigenvalue weighted by Crippen LogP contribution is 2.22. The number of halogens is 1. The summed E-state index contributed by atoms with van der Waals surface area (Å²) in [6, 6.07) is 13.2.